The Morgan fingerprint density at radius 2 is 2.20 bits per heavy atom. The molecule has 0 aliphatic rings. The molecule has 0 saturated heterocycles. The lowest BCUT2D eigenvalue weighted by Gasteiger charge is -2.10. The third-order valence-corrected chi connectivity index (χ3v) is 3.02. The smallest absolute Gasteiger partial charge is 0.292 e. The molecule has 20 heavy (non-hydrogen) atoms. The number of nitro benzene ring substituents is 1. The fraction of sp³-hybridized carbons (Fsp3) is 0.214. The van der Waals surface area contributed by atoms with Gasteiger partial charge in [-0.05, 0) is 30.2 Å². The average molecular weight is 273 g/mol. The van der Waals surface area contributed by atoms with Gasteiger partial charge in [-0.25, -0.2) is 0 Å². The second-order valence-corrected chi connectivity index (χ2v) is 4.30. The van der Waals surface area contributed by atoms with E-state index < -0.39 is 4.92 Å². The van der Waals surface area contributed by atoms with Gasteiger partial charge in [-0.1, -0.05) is 0 Å². The van der Waals surface area contributed by atoms with E-state index in [4.69, 9.17) is 4.74 Å². The van der Waals surface area contributed by atoms with Crippen molar-refractivity contribution in [3.8, 4) is 5.75 Å². The summed E-state index contributed by atoms with van der Waals surface area (Å²) in [5.41, 5.74) is 2.52. The van der Waals surface area contributed by atoms with Gasteiger partial charge in [-0.3, -0.25) is 15.1 Å². The molecule has 1 heterocycles. The van der Waals surface area contributed by atoms with E-state index in [1.54, 1.807) is 24.5 Å². The largest absolute Gasteiger partial charge is 0.497 e. The third kappa shape index (κ3) is 3.03. The molecule has 1 aromatic carbocycles. The summed E-state index contributed by atoms with van der Waals surface area (Å²) in [6.07, 6.45) is 3.46. The predicted molar refractivity (Wildman–Crippen MR) is 75.9 cm³/mol. The molecular weight excluding hydrogens is 258 g/mol. The Morgan fingerprint density at radius 3 is 2.85 bits per heavy atom. The summed E-state index contributed by atoms with van der Waals surface area (Å²) in [5.74, 6) is 0.570. The van der Waals surface area contributed by atoms with Crippen LogP contribution in [0.3, 0.4) is 0 Å². The highest BCUT2D eigenvalue weighted by molar-refractivity contribution is 5.64. The van der Waals surface area contributed by atoms with Crippen molar-refractivity contribution in [3.63, 3.8) is 0 Å². The lowest BCUT2D eigenvalue weighted by atomic mass is 10.1. The van der Waals surface area contributed by atoms with Gasteiger partial charge in [0.15, 0.2) is 0 Å². The van der Waals surface area contributed by atoms with Crippen LogP contribution < -0.4 is 10.1 Å². The molecule has 1 N–H and O–H groups in total. The van der Waals surface area contributed by atoms with Gasteiger partial charge in [0.05, 0.1) is 12.0 Å². The lowest BCUT2D eigenvalue weighted by molar-refractivity contribution is -0.384. The Balaban J connectivity index is 2.24. The number of nitrogens with one attached hydrogen (secondary N) is 1. The summed E-state index contributed by atoms with van der Waals surface area (Å²) in [5, 5.41) is 14.1. The predicted octanol–water partition coefficient (Wildman–Crippen LogP) is 2.92. The van der Waals surface area contributed by atoms with Crippen LogP contribution in [0.15, 0.2) is 36.7 Å². The minimum absolute atomic E-state index is 0.0207. The van der Waals surface area contributed by atoms with Crippen LogP contribution in [0.1, 0.15) is 11.1 Å². The van der Waals surface area contributed by atoms with Crippen LogP contribution >= 0.6 is 0 Å². The highest BCUT2D eigenvalue weighted by Crippen LogP contribution is 2.29. The van der Waals surface area contributed by atoms with Gasteiger partial charge in [0.2, 0.25) is 0 Å². The average Bonchev–Trinajstić information content (AvgIpc) is 2.46. The number of methoxy groups -OCH3 is 1. The molecule has 0 amide bonds. The number of nitrogens with zero attached hydrogens (tertiary/aromatic N) is 2. The summed E-state index contributed by atoms with van der Waals surface area (Å²) in [6, 6.07) is 6.51. The van der Waals surface area contributed by atoms with Crippen molar-refractivity contribution in [2.45, 2.75) is 13.5 Å². The molecule has 0 unspecified atom stereocenters. The van der Waals surface area contributed by atoms with Gasteiger partial charge in [-0.2, -0.15) is 0 Å². The first-order valence-electron chi connectivity index (χ1n) is 6.07. The molecule has 6 nitrogen and oxygen atoms in total. The van der Waals surface area contributed by atoms with Gasteiger partial charge in [0, 0.05) is 31.1 Å². The van der Waals surface area contributed by atoms with Crippen molar-refractivity contribution in [3.05, 3.63) is 57.9 Å². The standard InChI is InChI=1S/C14H15N3O3/c1-10-5-6-15-8-11(10)9-16-13-7-12(20-2)3-4-14(13)17(18)19/h3-8,16H,9H2,1-2H3. The quantitative estimate of drug-likeness (QED) is 0.669. The number of anilines is 1. The number of hydrogen-bond donors (Lipinski definition) is 1. The first-order chi connectivity index (χ1) is 9.61. The number of hydrogen-bond acceptors (Lipinski definition) is 5. The molecule has 0 bridgehead atoms. The maximum absolute atomic E-state index is 11.0. The summed E-state index contributed by atoms with van der Waals surface area (Å²) in [7, 11) is 1.52. The highest BCUT2D eigenvalue weighted by atomic mass is 16.6. The van der Waals surface area contributed by atoms with E-state index in [1.165, 1.54) is 13.2 Å². The summed E-state index contributed by atoms with van der Waals surface area (Å²) in [6.45, 7) is 2.44. The van der Waals surface area contributed by atoms with Crippen molar-refractivity contribution in [1.29, 1.82) is 0 Å². The molecule has 0 saturated carbocycles. The number of benzene rings is 1. The molecule has 0 atom stereocenters. The van der Waals surface area contributed by atoms with Gasteiger partial charge in [0.1, 0.15) is 11.4 Å². The number of pyridine rings is 1. The molecule has 0 aliphatic heterocycles. The van der Waals surface area contributed by atoms with Crippen molar-refractivity contribution in [2.75, 3.05) is 12.4 Å². The van der Waals surface area contributed by atoms with E-state index in [2.05, 4.69) is 10.3 Å². The molecule has 2 rings (SSSR count). The number of nitro groups is 1. The van der Waals surface area contributed by atoms with Crippen molar-refractivity contribution in [1.82, 2.24) is 4.98 Å². The van der Waals surface area contributed by atoms with Gasteiger partial charge in [0.25, 0.3) is 5.69 Å². The third-order valence-electron chi connectivity index (χ3n) is 3.02. The van der Waals surface area contributed by atoms with E-state index in [0.717, 1.165) is 11.1 Å². The van der Waals surface area contributed by atoms with Crippen LogP contribution in [0, 0.1) is 17.0 Å². The van der Waals surface area contributed by atoms with Crippen LogP contribution in [0.5, 0.6) is 5.75 Å². The summed E-state index contributed by atoms with van der Waals surface area (Å²) in [4.78, 5) is 14.6. The monoisotopic (exact) mass is 273 g/mol. The molecule has 0 fully saturated rings. The number of aromatic nitrogens is 1. The Labute approximate surface area is 116 Å². The van der Waals surface area contributed by atoms with Crippen molar-refractivity contribution >= 4 is 11.4 Å². The van der Waals surface area contributed by atoms with Crippen molar-refractivity contribution in [2.24, 2.45) is 0 Å². The Morgan fingerprint density at radius 1 is 1.40 bits per heavy atom. The summed E-state index contributed by atoms with van der Waals surface area (Å²) >= 11 is 0. The van der Waals surface area contributed by atoms with Gasteiger partial charge >= 0.3 is 0 Å². The zero-order valence-corrected chi connectivity index (χ0v) is 11.3. The lowest BCUT2D eigenvalue weighted by Crippen LogP contribution is -2.04. The van der Waals surface area contributed by atoms with Crippen LogP contribution in [0.4, 0.5) is 11.4 Å². The molecular formula is C14H15N3O3. The SMILES string of the molecule is COc1ccc([N+](=O)[O-])c(NCc2cnccc2C)c1. The van der Waals surface area contributed by atoms with E-state index >= 15 is 0 Å². The topological polar surface area (TPSA) is 77.3 Å². The maximum Gasteiger partial charge on any atom is 0.292 e. The van der Waals surface area contributed by atoms with E-state index in [9.17, 15) is 10.1 Å². The Kier molecular flexibility index (Phi) is 4.14. The van der Waals surface area contributed by atoms with Crippen LogP contribution in [0.2, 0.25) is 0 Å². The molecule has 104 valence electrons. The molecule has 0 aliphatic carbocycles. The molecule has 2 aromatic rings. The van der Waals surface area contributed by atoms with Crippen molar-refractivity contribution < 1.29 is 9.66 Å². The number of rotatable bonds is 5. The van der Waals surface area contributed by atoms with Gasteiger partial charge < -0.3 is 10.1 Å². The molecule has 0 spiro atoms. The van der Waals surface area contributed by atoms with Crippen LogP contribution in [-0.4, -0.2) is 17.0 Å². The minimum Gasteiger partial charge on any atom is -0.497 e. The zero-order valence-electron chi connectivity index (χ0n) is 11.3. The fourth-order valence-electron chi connectivity index (χ4n) is 1.82. The van der Waals surface area contributed by atoms with E-state index in [1.807, 2.05) is 13.0 Å². The second-order valence-electron chi connectivity index (χ2n) is 4.30. The fourth-order valence-corrected chi connectivity index (χ4v) is 1.82. The molecule has 6 heteroatoms. The summed E-state index contributed by atoms with van der Waals surface area (Å²) < 4.78 is 5.09. The highest BCUT2D eigenvalue weighted by Gasteiger charge is 2.14. The molecule has 0 radical (unpaired) electrons. The van der Waals surface area contributed by atoms with Crippen LogP contribution in [0.25, 0.3) is 0 Å². The first kappa shape index (κ1) is 13.8. The minimum atomic E-state index is -0.419. The maximum atomic E-state index is 11.0. The second kappa shape index (κ2) is 6.01. The van der Waals surface area contributed by atoms with E-state index in [-0.39, 0.29) is 5.69 Å². The number of aryl methyl sites for hydroxylation is 1. The zero-order chi connectivity index (χ0) is 14.5. The Hall–Kier alpha value is -2.63. The van der Waals surface area contributed by atoms with E-state index in [0.29, 0.717) is 18.0 Å². The normalized spacial score (nSPS) is 10.1. The number of ether oxygens (including phenoxy) is 1. The van der Waals surface area contributed by atoms with Gasteiger partial charge in [-0.15, -0.1) is 0 Å². The first-order valence-corrected chi connectivity index (χ1v) is 6.07. The molecule has 1 aromatic heterocycles. The Bertz CT molecular complexity index is 629. The van der Waals surface area contributed by atoms with Crippen LogP contribution in [-0.2, 0) is 6.54 Å².